The summed E-state index contributed by atoms with van der Waals surface area (Å²) in [5.41, 5.74) is 0.492. The van der Waals surface area contributed by atoms with E-state index in [9.17, 15) is 10.1 Å². The predicted molar refractivity (Wildman–Crippen MR) is 184 cm³/mol. The molecule has 0 radical (unpaired) electrons. The number of carbonyl (C=O) groups is 1. The third-order valence-electron chi connectivity index (χ3n) is 9.37. The zero-order chi connectivity index (χ0) is 32.0. The lowest BCUT2D eigenvalue weighted by atomic mass is 9.74. The molecule has 0 amide bonds. The summed E-state index contributed by atoms with van der Waals surface area (Å²) in [6.45, 7) is 5.85. The number of hydrogen-bond donors (Lipinski definition) is 0. The highest BCUT2D eigenvalue weighted by molar-refractivity contribution is 5.94. The maximum absolute atomic E-state index is 12.9. The van der Waals surface area contributed by atoms with Crippen LogP contribution >= 0.6 is 0 Å². The highest BCUT2D eigenvalue weighted by Crippen LogP contribution is 2.36. The van der Waals surface area contributed by atoms with Gasteiger partial charge < -0.3 is 14.2 Å². The minimum atomic E-state index is -0.553. The Bertz CT molecular complexity index is 1120. The minimum Gasteiger partial charge on any atom is -0.494 e. The van der Waals surface area contributed by atoms with Crippen molar-refractivity contribution < 1.29 is 19.0 Å². The van der Waals surface area contributed by atoms with Crippen LogP contribution in [0.1, 0.15) is 158 Å². The zero-order valence-corrected chi connectivity index (χ0v) is 28.3. The number of esters is 1. The highest BCUT2D eigenvalue weighted by Gasteiger charge is 2.24. The van der Waals surface area contributed by atoms with E-state index in [1.165, 1.54) is 109 Å². The number of carbonyl (C=O) groups excluding carboxylic acids is 1. The summed E-state index contributed by atoms with van der Waals surface area (Å²) in [6.07, 6.45) is 26.0. The van der Waals surface area contributed by atoms with Crippen LogP contribution in [0.5, 0.6) is 17.2 Å². The first-order chi connectivity index (χ1) is 22.1. The number of nitrogens with zero attached hydrogens (tertiary/aromatic N) is 1. The first-order valence-electron chi connectivity index (χ1n) is 18.3. The molecule has 0 heterocycles. The highest BCUT2D eigenvalue weighted by atomic mass is 16.5. The third-order valence-corrected chi connectivity index (χ3v) is 9.37. The molecule has 2 unspecified atom stereocenters. The van der Waals surface area contributed by atoms with Gasteiger partial charge >= 0.3 is 5.97 Å². The normalized spacial score (nSPS) is 16.2. The van der Waals surface area contributed by atoms with Gasteiger partial charge in [0.25, 0.3) is 0 Å². The molecule has 1 fully saturated rings. The number of benzene rings is 2. The fourth-order valence-electron chi connectivity index (χ4n) is 6.67. The Balaban J connectivity index is 1.34. The van der Waals surface area contributed by atoms with Crippen LogP contribution in [0.25, 0.3) is 0 Å². The van der Waals surface area contributed by atoms with Crippen LogP contribution in [0.3, 0.4) is 0 Å². The summed E-state index contributed by atoms with van der Waals surface area (Å²) in [6, 6.07) is 14.3. The zero-order valence-electron chi connectivity index (χ0n) is 28.3. The van der Waals surface area contributed by atoms with Crippen molar-refractivity contribution in [2.24, 2.45) is 11.8 Å². The number of hydrogen-bond acceptors (Lipinski definition) is 5. The Kier molecular flexibility index (Phi) is 18.2. The molecule has 1 aliphatic rings. The second-order valence-corrected chi connectivity index (χ2v) is 13.0. The summed E-state index contributed by atoms with van der Waals surface area (Å²) in [5, 5.41) is 9.67. The van der Waals surface area contributed by atoms with Crippen LogP contribution in [-0.4, -0.2) is 19.2 Å². The average Bonchev–Trinajstić information content (AvgIpc) is 3.07. The van der Waals surface area contributed by atoms with Crippen molar-refractivity contribution in [1.29, 1.82) is 5.26 Å². The third kappa shape index (κ3) is 14.3. The van der Waals surface area contributed by atoms with E-state index in [-0.39, 0.29) is 11.1 Å². The Morgan fingerprint density at radius 1 is 0.667 bits per heavy atom. The molecule has 3 rings (SSSR count). The lowest BCUT2D eigenvalue weighted by Gasteiger charge is -2.31. The lowest BCUT2D eigenvalue weighted by Crippen LogP contribution is -2.20. The molecule has 0 N–H and O–H groups in total. The van der Waals surface area contributed by atoms with Crippen molar-refractivity contribution in [3.63, 3.8) is 0 Å². The van der Waals surface area contributed by atoms with Crippen molar-refractivity contribution in [2.75, 3.05) is 13.2 Å². The van der Waals surface area contributed by atoms with E-state index in [0.717, 1.165) is 36.8 Å². The number of unbranched alkanes of at least 4 members (excludes halogenated alkanes) is 11. The molecule has 0 bridgehead atoms. The van der Waals surface area contributed by atoms with Crippen LogP contribution in [0.2, 0.25) is 0 Å². The summed E-state index contributed by atoms with van der Waals surface area (Å²) >= 11 is 0. The molecule has 5 heteroatoms. The fraction of sp³-hybridized carbons (Fsp3) is 0.650. The van der Waals surface area contributed by atoms with E-state index < -0.39 is 5.97 Å². The monoisotopic (exact) mass is 617 g/mol. The van der Waals surface area contributed by atoms with E-state index in [0.29, 0.717) is 24.7 Å². The molecule has 2 aromatic rings. The van der Waals surface area contributed by atoms with Gasteiger partial charge in [0.1, 0.15) is 23.3 Å². The van der Waals surface area contributed by atoms with Crippen LogP contribution < -0.4 is 14.2 Å². The van der Waals surface area contributed by atoms with Crippen molar-refractivity contribution >= 4 is 5.97 Å². The van der Waals surface area contributed by atoms with E-state index >= 15 is 0 Å². The van der Waals surface area contributed by atoms with Gasteiger partial charge in [-0.05, 0) is 73.6 Å². The largest absolute Gasteiger partial charge is 0.494 e. The second kappa shape index (κ2) is 22.5. The van der Waals surface area contributed by atoms with E-state index in [4.69, 9.17) is 14.2 Å². The molecule has 0 spiro atoms. The van der Waals surface area contributed by atoms with E-state index in [1.807, 2.05) is 12.1 Å². The molecular formula is C40H59NO4. The minimum absolute atomic E-state index is 0.236. The standard InChI is InChI=1S/C40H59NO4/c1-3-5-7-8-9-10-11-12-13-17-29-44-38-27-28-39(35(31-38)32-41)40(42)45-37-25-23-36(24-26-37)43-30-18-22-34-21-16-15-20-33(34)19-14-6-4-2/h23-28,31,33-34H,3-22,29-30H2,1-2H3. The maximum Gasteiger partial charge on any atom is 0.344 e. The Morgan fingerprint density at radius 2 is 1.18 bits per heavy atom. The molecular weight excluding hydrogens is 558 g/mol. The van der Waals surface area contributed by atoms with Gasteiger partial charge in [0.2, 0.25) is 0 Å². The van der Waals surface area contributed by atoms with Crippen molar-refractivity contribution in [2.45, 2.75) is 142 Å². The molecule has 45 heavy (non-hydrogen) atoms. The molecule has 0 aliphatic heterocycles. The van der Waals surface area contributed by atoms with Gasteiger partial charge in [0, 0.05) is 0 Å². The molecule has 248 valence electrons. The van der Waals surface area contributed by atoms with Gasteiger partial charge in [0.15, 0.2) is 0 Å². The van der Waals surface area contributed by atoms with Gasteiger partial charge in [-0.25, -0.2) is 4.79 Å². The summed E-state index contributed by atoms with van der Waals surface area (Å²) in [4.78, 5) is 12.9. The summed E-state index contributed by atoms with van der Waals surface area (Å²) in [5.74, 6) is 3.01. The number of ether oxygens (including phenoxy) is 3. The molecule has 0 aromatic heterocycles. The SMILES string of the molecule is CCCCCCCCCCCCOc1ccc(C(=O)Oc2ccc(OCCCC3CCCCC3CCCCC)cc2)c(C#N)c1. The lowest BCUT2D eigenvalue weighted by molar-refractivity contribution is 0.0734. The van der Waals surface area contributed by atoms with E-state index in [2.05, 4.69) is 19.9 Å². The van der Waals surface area contributed by atoms with Crippen LogP contribution in [0.4, 0.5) is 0 Å². The molecule has 1 aliphatic carbocycles. The van der Waals surface area contributed by atoms with Gasteiger partial charge in [0.05, 0.1) is 24.3 Å². The average molecular weight is 618 g/mol. The van der Waals surface area contributed by atoms with Crippen LogP contribution in [0.15, 0.2) is 42.5 Å². The Morgan fingerprint density at radius 3 is 1.82 bits per heavy atom. The first-order valence-corrected chi connectivity index (χ1v) is 18.3. The maximum atomic E-state index is 12.9. The summed E-state index contributed by atoms with van der Waals surface area (Å²) in [7, 11) is 0. The van der Waals surface area contributed by atoms with Gasteiger partial charge in [-0.15, -0.1) is 0 Å². The summed E-state index contributed by atoms with van der Waals surface area (Å²) < 4.78 is 17.5. The van der Waals surface area contributed by atoms with Crippen molar-refractivity contribution in [3.8, 4) is 23.3 Å². The van der Waals surface area contributed by atoms with Gasteiger partial charge in [-0.2, -0.15) is 5.26 Å². The molecule has 5 nitrogen and oxygen atoms in total. The van der Waals surface area contributed by atoms with Crippen LogP contribution in [-0.2, 0) is 0 Å². The topological polar surface area (TPSA) is 68.6 Å². The van der Waals surface area contributed by atoms with Crippen molar-refractivity contribution in [1.82, 2.24) is 0 Å². The first kappa shape index (κ1) is 36.5. The second-order valence-electron chi connectivity index (χ2n) is 13.0. The van der Waals surface area contributed by atoms with E-state index in [1.54, 1.807) is 30.3 Å². The van der Waals surface area contributed by atoms with Crippen LogP contribution in [0, 0.1) is 23.2 Å². The fourth-order valence-corrected chi connectivity index (χ4v) is 6.67. The Labute approximate surface area is 274 Å². The predicted octanol–water partition coefficient (Wildman–Crippen LogP) is 11.6. The van der Waals surface area contributed by atoms with Gasteiger partial charge in [-0.3, -0.25) is 0 Å². The quantitative estimate of drug-likeness (QED) is 0.0705. The number of rotatable bonds is 23. The molecule has 0 saturated heterocycles. The molecule has 1 saturated carbocycles. The smallest absolute Gasteiger partial charge is 0.344 e. The Hall–Kier alpha value is -3.00. The van der Waals surface area contributed by atoms with Crippen molar-refractivity contribution in [3.05, 3.63) is 53.6 Å². The molecule has 2 aromatic carbocycles. The number of nitriles is 1. The molecule has 2 atom stereocenters. The van der Waals surface area contributed by atoms with Gasteiger partial charge in [-0.1, -0.05) is 123 Å².